The number of hydrogen-bond acceptors (Lipinski definition) is 16. The van der Waals surface area contributed by atoms with Gasteiger partial charge in [-0.2, -0.15) is 0 Å². The van der Waals surface area contributed by atoms with Crippen LogP contribution < -0.4 is 21.3 Å². The van der Waals surface area contributed by atoms with Gasteiger partial charge in [0.25, 0.3) is 0 Å². The predicted octanol–water partition coefficient (Wildman–Crippen LogP) is 14.0. The van der Waals surface area contributed by atoms with E-state index in [1.54, 1.807) is 113 Å². The van der Waals surface area contributed by atoms with Gasteiger partial charge in [0.15, 0.2) is 9.84 Å². The first-order valence-electron chi connectivity index (χ1n) is 27.5. The molecule has 80 heavy (non-hydrogen) atoms. The zero-order valence-electron chi connectivity index (χ0n) is 47.3. The molecule has 0 aliphatic heterocycles. The number of thiazole rings is 2. The van der Waals surface area contributed by atoms with Gasteiger partial charge in [0.2, 0.25) is 0 Å². The molecule has 18 nitrogen and oxygen atoms in total. The van der Waals surface area contributed by atoms with Crippen LogP contribution in [-0.4, -0.2) is 95.8 Å². The molecular formula is C58H77N7O11S4. The summed E-state index contributed by atoms with van der Waals surface area (Å²) in [5.74, 6) is 0.331. The van der Waals surface area contributed by atoms with Crippen LogP contribution in [0.2, 0.25) is 0 Å². The molecule has 4 atom stereocenters. The Balaban J connectivity index is 0.899. The Bertz CT molecular complexity index is 3180. The van der Waals surface area contributed by atoms with Crippen molar-refractivity contribution in [1.29, 1.82) is 0 Å². The summed E-state index contributed by atoms with van der Waals surface area (Å²) in [5.41, 5.74) is 2.54. The Hall–Kier alpha value is -6.10. The molecule has 4 amide bonds. The molecule has 3 aromatic carbocycles. The number of nitrogens with one attached hydrogen (secondary N) is 4. The molecule has 4 unspecified atom stereocenters. The monoisotopic (exact) mass is 1180 g/mol. The van der Waals surface area contributed by atoms with Crippen molar-refractivity contribution in [2.45, 2.75) is 196 Å². The van der Waals surface area contributed by atoms with E-state index in [1.165, 1.54) is 17.4 Å². The second kappa shape index (κ2) is 27.6. The Morgan fingerprint density at radius 2 is 1.00 bits per heavy atom. The standard InChI is InChI=1S/C58H77N7O11S4/c1-34(2)65-79(10,70)51-30-45(63-56(67)74-36(5)6)26-28-47(51)49-32-59-53(77-49)41-20-24-44(25-21-41)62-57(68)75-37(7)16-17-38(8)76-58(69)64-46-27-29-48(52(31-46)80(71,72)39(9)40-14-12-11-13-15-40)50-33-60-54(78-50)42-18-22-43(23-19-42)61-55(66)73-35(3)4/h11-15,26-39,41-44H,16-25H2,1-10H3,(H,61,66)(H,62,68)(H,63,67)(H,64,69). The first-order chi connectivity index (χ1) is 37.9. The summed E-state index contributed by atoms with van der Waals surface area (Å²) in [6.07, 6.45) is 8.30. The smallest absolute Gasteiger partial charge is 0.411 e. The third-order valence-corrected chi connectivity index (χ3v) is 20.5. The van der Waals surface area contributed by atoms with E-state index < -0.39 is 61.4 Å². The van der Waals surface area contributed by atoms with Crippen LogP contribution >= 0.6 is 22.7 Å². The summed E-state index contributed by atoms with van der Waals surface area (Å²) in [6, 6.07) is 18.8. The van der Waals surface area contributed by atoms with Gasteiger partial charge in [-0.25, -0.2) is 46.1 Å². The van der Waals surface area contributed by atoms with E-state index in [-0.39, 0.29) is 52.8 Å². The molecule has 5 aromatic rings. The quantitative estimate of drug-likeness (QED) is 0.0531. The third-order valence-electron chi connectivity index (χ3n) is 14.0. The fourth-order valence-corrected chi connectivity index (χ4v) is 15.9. The minimum absolute atomic E-state index is 0.0115. The number of rotatable bonds is 20. The third kappa shape index (κ3) is 17.0. The van der Waals surface area contributed by atoms with Crippen LogP contribution in [0.4, 0.5) is 30.6 Å². The number of anilines is 2. The van der Waals surface area contributed by atoms with Gasteiger partial charge in [-0.05, 0) is 156 Å². The van der Waals surface area contributed by atoms with Crippen LogP contribution in [0.1, 0.15) is 159 Å². The molecule has 2 aromatic heterocycles. The molecule has 2 aliphatic rings. The van der Waals surface area contributed by atoms with Crippen LogP contribution in [-0.2, 0) is 38.5 Å². The normalized spacial score (nSPS) is 19.5. The summed E-state index contributed by atoms with van der Waals surface area (Å²) >= 11 is 2.99. The largest absolute Gasteiger partial charge is 0.447 e. The molecule has 0 saturated heterocycles. The van der Waals surface area contributed by atoms with Crippen LogP contribution in [0.5, 0.6) is 0 Å². The number of benzene rings is 3. The van der Waals surface area contributed by atoms with Crippen molar-refractivity contribution in [3.05, 3.63) is 94.7 Å². The van der Waals surface area contributed by atoms with Gasteiger partial charge in [-0.1, -0.05) is 42.5 Å². The summed E-state index contributed by atoms with van der Waals surface area (Å²) < 4.78 is 69.6. The number of amides is 4. The van der Waals surface area contributed by atoms with Crippen molar-refractivity contribution < 1.29 is 50.8 Å². The lowest BCUT2D eigenvalue weighted by Crippen LogP contribution is -2.39. The van der Waals surface area contributed by atoms with E-state index in [0.717, 1.165) is 71.8 Å². The van der Waals surface area contributed by atoms with E-state index in [1.807, 2.05) is 39.8 Å². The highest BCUT2D eigenvalue weighted by atomic mass is 32.2. The molecule has 4 N–H and O–H groups in total. The Labute approximate surface area is 479 Å². The number of carbonyl (C=O) groups is 4. The van der Waals surface area contributed by atoms with Crippen LogP contribution in [0.25, 0.3) is 20.9 Å². The van der Waals surface area contributed by atoms with Crippen LogP contribution in [0, 0.1) is 0 Å². The molecular weight excluding hydrogens is 1100 g/mol. The average molecular weight is 1180 g/mol. The zero-order chi connectivity index (χ0) is 57.9. The fourth-order valence-electron chi connectivity index (χ4n) is 9.96. The second-order valence-corrected chi connectivity index (χ2v) is 28.3. The van der Waals surface area contributed by atoms with E-state index in [0.29, 0.717) is 39.4 Å². The van der Waals surface area contributed by atoms with E-state index in [9.17, 15) is 31.8 Å². The van der Waals surface area contributed by atoms with E-state index >= 15 is 0 Å². The van der Waals surface area contributed by atoms with Crippen molar-refractivity contribution >= 4 is 78.0 Å². The molecule has 0 bridgehead atoms. The molecule has 0 radical (unpaired) electrons. The molecule has 434 valence electrons. The van der Waals surface area contributed by atoms with Gasteiger partial charge in [0, 0.05) is 65.1 Å². The molecule has 2 aliphatic carbocycles. The van der Waals surface area contributed by atoms with Gasteiger partial charge in [0.05, 0.1) is 62.8 Å². The lowest BCUT2D eigenvalue weighted by atomic mass is 9.86. The summed E-state index contributed by atoms with van der Waals surface area (Å²) in [7, 11) is -6.86. The molecule has 0 spiro atoms. The number of sulfone groups is 1. The van der Waals surface area contributed by atoms with Gasteiger partial charge < -0.3 is 29.6 Å². The van der Waals surface area contributed by atoms with Gasteiger partial charge >= 0.3 is 24.4 Å². The van der Waals surface area contributed by atoms with Crippen molar-refractivity contribution in [3.8, 4) is 20.9 Å². The van der Waals surface area contributed by atoms with Crippen molar-refractivity contribution in [2.75, 3.05) is 16.9 Å². The first kappa shape index (κ1) is 61.5. The number of carbonyl (C=O) groups excluding carboxylic acids is 4. The van der Waals surface area contributed by atoms with Gasteiger partial charge in [-0.15, -0.1) is 22.7 Å². The van der Waals surface area contributed by atoms with E-state index in [4.69, 9.17) is 28.9 Å². The lowest BCUT2D eigenvalue weighted by Gasteiger charge is -2.28. The van der Waals surface area contributed by atoms with Crippen molar-refractivity contribution in [3.63, 3.8) is 0 Å². The molecule has 7 rings (SSSR count). The average Bonchev–Trinajstić information content (AvgIpc) is 4.16. The van der Waals surface area contributed by atoms with Crippen molar-refractivity contribution in [2.24, 2.45) is 4.36 Å². The van der Waals surface area contributed by atoms with Gasteiger partial charge in [0.1, 0.15) is 12.2 Å². The highest BCUT2D eigenvalue weighted by molar-refractivity contribution is 7.93. The minimum Gasteiger partial charge on any atom is -0.447 e. The minimum atomic E-state index is -4.00. The highest BCUT2D eigenvalue weighted by Gasteiger charge is 2.32. The maximum Gasteiger partial charge on any atom is 0.411 e. The second-order valence-electron chi connectivity index (χ2n) is 21.7. The number of hydrogen-bond donors (Lipinski definition) is 4. The maximum absolute atomic E-state index is 14.5. The first-order valence-corrected chi connectivity index (χ1v) is 32.6. The van der Waals surface area contributed by atoms with E-state index in [2.05, 4.69) is 25.6 Å². The van der Waals surface area contributed by atoms with Crippen molar-refractivity contribution in [1.82, 2.24) is 20.6 Å². The van der Waals surface area contributed by atoms with Gasteiger partial charge in [-0.3, -0.25) is 10.6 Å². The predicted molar refractivity (Wildman–Crippen MR) is 315 cm³/mol. The molecule has 2 heterocycles. The molecule has 22 heteroatoms. The number of alkyl carbamates (subject to hydrolysis) is 2. The Morgan fingerprint density at radius 3 is 1.48 bits per heavy atom. The zero-order valence-corrected chi connectivity index (χ0v) is 50.6. The summed E-state index contributed by atoms with van der Waals surface area (Å²) in [6.45, 7) is 16.1. The maximum atomic E-state index is 14.5. The Kier molecular flexibility index (Phi) is 21.2. The molecule has 2 saturated carbocycles. The summed E-state index contributed by atoms with van der Waals surface area (Å²) in [4.78, 5) is 62.6. The topological polar surface area (TPSA) is 243 Å². The Morgan fingerprint density at radius 1 is 0.575 bits per heavy atom. The number of aromatic nitrogens is 2. The fraction of sp³-hybridized carbons (Fsp3) is 0.517. The number of ether oxygens (including phenoxy) is 4. The SMILES string of the molecule is CC(C)N=S(C)(=O)c1cc(NC(=O)OC(C)C)ccc1-c1cnc(C2CCC(NC(=O)OC(C)CCC(C)OC(=O)Nc3ccc(-c4cnc(C5CCC(NC(=O)OC(C)C)CC5)s4)c(S(=O)(=O)C(C)c4ccccc4)c3)CC2)s1. The molecule has 2 fully saturated rings. The van der Waals surface area contributed by atoms with Crippen LogP contribution in [0.3, 0.4) is 0 Å². The van der Waals surface area contributed by atoms with Crippen LogP contribution in [0.15, 0.2) is 93.3 Å². The lowest BCUT2D eigenvalue weighted by molar-refractivity contribution is 0.0762. The summed E-state index contributed by atoms with van der Waals surface area (Å²) in [5, 5.41) is 12.4. The highest BCUT2D eigenvalue weighted by Crippen LogP contribution is 2.43. The number of nitrogens with zero attached hydrogens (tertiary/aromatic N) is 3.